The predicted octanol–water partition coefficient (Wildman–Crippen LogP) is 2.17. The molecule has 2 heterocycles. The number of hydrogen-bond donors (Lipinski definition) is 0. The number of methoxy groups -OCH3 is 1. The smallest absolute Gasteiger partial charge is 0.310 e. The molecule has 0 saturated carbocycles. The molecule has 6 heteroatoms. The zero-order valence-electron chi connectivity index (χ0n) is 11.8. The van der Waals surface area contributed by atoms with Crippen molar-refractivity contribution in [1.29, 1.82) is 0 Å². The maximum absolute atomic E-state index is 12.4. The van der Waals surface area contributed by atoms with Crippen LogP contribution >= 0.6 is 11.3 Å². The summed E-state index contributed by atoms with van der Waals surface area (Å²) in [6, 6.07) is 1.74. The molecular formula is C14H19NO4S. The standard InChI is InChI=1S/C14H19NO4S/c1-3-19-14(17)10-5-4-6-15(8-10)13(16)12-7-11(18-2)9-20-12/h7,9-10H,3-6,8H2,1-2H3. The van der Waals surface area contributed by atoms with Gasteiger partial charge in [0.1, 0.15) is 5.75 Å². The first-order chi connectivity index (χ1) is 9.65. The van der Waals surface area contributed by atoms with Crippen molar-refractivity contribution in [2.75, 3.05) is 26.8 Å². The highest BCUT2D eigenvalue weighted by molar-refractivity contribution is 7.12. The third-order valence-corrected chi connectivity index (χ3v) is 4.25. The van der Waals surface area contributed by atoms with Gasteiger partial charge in [-0.1, -0.05) is 0 Å². The Kier molecular flexibility index (Phi) is 5.00. The fourth-order valence-corrected chi connectivity index (χ4v) is 3.13. The van der Waals surface area contributed by atoms with E-state index in [-0.39, 0.29) is 17.8 Å². The van der Waals surface area contributed by atoms with Crippen LogP contribution in [0.1, 0.15) is 29.4 Å². The number of nitrogens with zero attached hydrogens (tertiary/aromatic N) is 1. The maximum atomic E-state index is 12.4. The fraction of sp³-hybridized carbons (Fsp3) is 0.571. The molecule has 1 aliphatic rings. The molecule has 1 aromatic heterocycles. The molecule has 1 amide bonds. The van der Waals surface area contributed by atoms with Crippen LogP contribution in [-0.2, 0) is 9.53 Å². The van der Waals surface area contributed by atoms with Crippen LogP contribution in [0.5, 0.6) is 5.75 Å². The van der Waals surface area contributed by atoms with E-state index < -0.39 is 0 Å². The molecule has 1 unspecified atom stereocenters. The molecule has 0 radical (unpaired) electrons. The molecule has 0 spiro atoms. The van der Waals surface area contributed by atoms with Crippen molar-refractivity contribution in [2.24, 2.45) is 5.92 Å². The lowest BCUT2D eigenvalue weighted by Gasteiger charge is -2.31. The van der Waals surface area contributed by atoms with Crippen LogP contribution < -0.4 is 4.74 Å². The first kappa shape index (κ1) is 14.8. The molecule has 110 valence electrons. The van der Waals surface area contributed by atoms with E-state index >= 15 is 0 Å². The molecule has 0 aromatic carbocycles. The number of piperidine rings is 1. The van der Waals surface area contributed by atoms with E-state index in [1.54, 1.807) is 30.4 Å². The van der Waals surface area contributed by atoms with Gasteiger partial charge in [0.15, 0.2) is 0 Å². The molecule has 20 heavy (non-hydrogen) atoms. The minimum atomic E-state index is -0.200. The van der Waals surface area contributed by atoms with Crippen LogP contribution in [-0.4, -0.2) is 43.6 Å². The summed E-state index contributed by atoms with van der Waals surface area (Å²) in [5.41, 5.74) is 0. The van der Waals surface area contributed by atoms with Crippen LogP contribution in [0.4, 0.5) is 0 Å². The van der Waals surface area contributed by atoms with Crippen molar-refractivity contribution in [3.05, 3.63) is 16.3 Å². The Hall–Kier alpha value is -1.56. The van der Waals surface area contributed by atoms with Gasteiger partial charge in [-0.05, 0) is 19.8 Å². The Balaban J connectivity index is 2.01. The summed E-state index contributed by atoms with van der Waals surface area (Å²) in [5.74, 6) is 0.257. The topological polar surface area (TPSA) is 55.8 Å². The number of carbonyl (C=O) groups excluding carboxylic acids is 2. The third kappa shape index (κ3) is 3.30. The minimum Gasteiger partial charge on any atom is -0.496 e. The molecule has 0 N–H and O–H groups in total. The summed E-state index contributed by atoms with van der Waals surface area (Å²) in [6.45, 7) is 3.31. The summed E-state index contributed by atoms with van der Waals surface area (Å²) < 4.78 is 10.1. The quantitative estimate of drug-likeness (QED) is 0.799. The Morgan fingerprint density at radius 2 is 2.30 bits per heavy atom. The maximum Gasteiger partial charge on any atom is 0.310 e. The number of amides is 1. The first-order valence-corrected chi connectivity index (χ1v) is 7.62. The molecular weight excluding hydrogens is 278 g/mol. The lowest BCUT2D eigenvalue weighted by molar-refractivity contribution is -0.149. The zero-order valence-corrected chi connectivity index (χ0v) is 12.6. The number of rotatable bonds is 4. The predicted molar refractivity (Wildman–Crippen MR) is 76.1 cm³/mol. The Labute approximate surface area is 122 Å². The van der Waals surface area contributed by atoms with Gasteiger partial charge >= 0.3 is 5.97 Å². The molecule has 1 atom stereocenters. The van der Waals surface area contributed by atoms with Gasteiger partial charge in [0, 0.05) is 24.5 Å². The van der Waals surface area contributed by atoms with E-state index in [1.807, 2.05) is 0 Å². The van der Waals surface area contributed by atoms with Gasteiger partial charge in [0.2, 0.25) is 0 Å². The monoisotopic (exact) mass is 297 g/mol. The summed E-state index contributed by atoms with van der Waals surface area (Å²) in [5, 5.41) is 1.81. The average molecular weight is 297 g/mol. The van der Waals surface area contributed by atoms with Crippen LogP contribution in [0.25, 0.3) is 0 Å². The molecule has 1 fully saturated rings. The van der Waals surface area contributed by atoms with Crippen molar-refractivity contribution in [3.63, 3.8) is 0 Å². The molecule has 2 rings (SSSR count). The van der Waals surface area contributed by atoms with Gasteiger partial charge < -0.3 is 14.4 Å². The number of likely N-dealkylation sites (tertiary alicyclic amines) is 1. The molecule has 0 aliphatic carbocycles. The van der Waals surface area contributed by atoms with Gasteiger partial charge in [0.25, 0.3) is 5.91 Å². The van der Waals surface area contributed by atoms with E-state index in [1.165, 1.54) is 11.3 Å². The van der Waals surface area contributed by atoms with Crippen molar-refractivity contribution in [2.45, 2.75) is 19.8 Å². The number of thiophene rings is 1. The fourth-order valence-electron chi connectivity index (χ4n) is 2.31. The minimum absolute atomic E-state index is 0.0349. The van der Waals surface area contributed by atoms with E-state index in [4.69, 9.17) is 9.47 Å². The van der Waals surface area contributed by atoms with Crippen molar-refractivity contribution >= 4 is 23.2 Å². The highest BCUT2D eigenvalue weighted by Gasteiger charge is 2.30. The van der Waals surface area contributed by atoms with E-state index in [0.717, 1.165) is 12.8 Å². The second kappa shape index (κ2) is 6.74. The third-order valence-electron chi connectivity index (χ3n) is 3.35. The highest BCUT2D eigenvalue weighted by Crippen LogP contribution is 2.25. The van der Waals surface area contributed by atoms with E-state index in [2.05, 4.69) is 0 Å². The van der Waals surface area contributed by atoms with Crippen LogP contribution in [0.3, 0.4) is 0 Å². The summed E-state index contributed by atoms with van der Waals surface area (Å²) in [4.78, 5) is 26.5. The second-order valence-electron chi connectivity index (χ2n) is 4.69. The largest absolute Gasteiger partial charge is 0.496 e. The van der Waals surface area contributed by atoms with Gasteiger partial charge in [-0.15, -0.1) is 11.3 Å². The van der Waals surface area contributed by atoms with Gasteiger partial charge in [-0.2, -0.15) is 0 Å². The highest BCUT2D eigenvalue weighted by atomic mass is 32.1. The van der Waals surface area contributed by atoms with Crippen LogP contribution in [0, 0.1) is 5.92 Å². The summed E-state index contributed by atoms with van der Waals surface area (Å²) >= 11 is 1.36. The molecule has 5 nitrogen and oxygen atoms in total. The SMILES string of the molecule is CCOC(=O)C1CCCN(C(=O)c2cc(OC)cs2)C1. The first-order valence-electron chi connectivity index (χ1n) is 6.74. The number of ether oxygens (including phenoxy) is 2. The lowest BCUT2D eigenvalue weighted by Crippen LogP contribution is -2.42. The Morgan fingerprint density at radius 3 is 2.95 bits per heavy atom. The van der Waals surface area contributed by atoms with Crippen molar-refractivity contribution in [3.8, 4) is 5.75 Å². The molecule has 1 saturated heterocycles. The van der Waals surface area contributed by atoms with Gasteiger partial charge in [0.05, 0.1) is 24.5 Å². The van der Waals surface area contributed by atoms with Crippen LogP contribution in [0.2, 0.25) is 0 Å². The number of hydrogen-bond acceptors (Lipinski definition) is 5. The van der Waals surface area contributed by atoms with Crippen molar-refractivity contribution < 1.29 is 19.1 Å². The lowest BCUT2D eigenvalue weighted by atomic mass is 9.98. The van der Waals surface area contributed by atoms with Crippen LogP contribution in [0.15, 0.2) is 11.4 Å². The normalized spacial score (nSPS) is 18.7. The molecule has 1 aromatic rings. The second-order valence-corrected chi connectivity index (χ2v) is 5.60. The van der Waals surface area contributed by atoms with E-state index in [0.29, 0.717) is 30.3 Å². The zero-order chi connectivity index (χ0) is 14.5. The Morgan fingerprint density at radius 1 is 1.50 bits per heavy atom. The molecule has 0 bridgehead atoms. The summed E-state index contributed by atoms with van der Waals surface area (Å²) in [6.07, 6.45) is 1.62. The average Bonchev–Trinajstić information content (AvgIpc) is 2.96. The number of carbonyl (C=O) groups is 2. The number of esters is 1. The van der Waals surface area contributed by atoms with Gasteiger partial charge in [-0.25, -0.2) is 0 Å². The van der Waals surface area contributed by atoms with Crippen molar-refractivity contribution in [1.82, 2.24) is 4.90 Å². The summed E-state index contributed by atoms with van der Waals surface area (Å²) in [7, 11) is 1.58. The van der Waals surface area contributed by atoms with Gasteiger partial charge in [-0.3, -0.25) is 9.59 Å². The molecule has 1 aliphatic heterocycles. The van der Waals surface area contributed by atoms with E-state index in [9.17, 15) is 9.59 Å². The Bertz CT molecular complexity index is 485.